The number of rotatable bonds is 5. The second kappa shape index (κ2) is 6.55. The summed E-state index contributed by atoms with van der Waals surface area (Å²) in [5, 5.41) is 2.20. The van der Waals surface area contributed by atoms with Crippen molar-refractivity contribution >= 4 is 23.1 Å². The minimum absolute atomic E-state index is 0.382. The Kier molecular flexibility index (Phi) is 4.46. The number of thiophene rings is 1. The second-order valence-electron chi connectivity index (χ2n) is 6.62. The summed E-state index contributed by atoms with van der Waals surface area (Å²) in [7, 11) is 0. The largest absolute Gasteiger partial charge is 0.371 e. The van der Waals surface area contributed by atoms with E-state index in [-0.39, 0.29) is 0 Å². The SMILES string of the molecule is Cc1ccsc1CN1CC2(C[C@H](OCc3ccccn3)CS2)C1. The Balaban J connectivity index is 1.24. The van der Waals surface area contributed by atoms with Crippen molar-refractivity contribution in [3.63, 3.8) is 0 Å². The average molecular weight is 347 g/mol. The quantitative estimate of drug-likeness (QED) is 0.824. The number of pyridine rings is 1. The molecule has 2 aliphatic rings. The molecule has 0 N–H and O–H groups in total. The van der Waals surface area contributed by atoms with Crippen LogP contribution in [0.3, 0.4) is 0 Å². The topological polar surface area (TPSA) is 25.4 Å². The minimum Gasteiger partial charge on any atom is -0.371 e. The molecule has 0 radical (unpaired) electrons. The number of likely N-dealkylation sites (tertiary alicyclic amines) is 1. The fraction of sp³-hybridized carbons (Fsp3) is 0.500. The molecule has 0 bridgehead atoms. The zero-order valence-corrected chi connectivity index (χ0v) is 15.0. The van der Waals surface area contributed by atoms with Gasteiger partial charge in [-0.1, -0.05) is 6.07 Å². The van der Waals surface area contributed by atoms with Crippen LogP contribution in [0.15, 0.2) is 35.8 Å². The van der Waals surface area contributed by atoms with Crippen molar-refractivity contribution in [2.24, 2.45) is 0 Å². The van der Waals surface area contributed by atoms with Gasteiger partial charge in [0.15, 0.2) is 0 Å². The molecule has 1 spiro atoms. The van der Waals surface area contributed by atoms with E-state index in [1.807, 2.05) is 35.7 Å². The van der Waals surface area contributed by atoms with Gasteiger partial charge in [-0.05, 0) is 42.5 Å². The summed E-state index contributed by atoms with van der Waals surface area (Å²) in [5.74, 6) is 1.12. The first-order valence-electron chi connectivity index (χ1n) is 8.13. The third kappa shape index (κ3) is 3.48. The van der Waals surface area contributed by atoms with Gasteiger partial charge in [-0.25, -0.2) is 0 Å². The van der Waals surface area contributed by atoms with E-state index in [0.29, 0.717) is 17.5 Å². The van der Waals surface area contributed by atoms with Crippen molar-refractivity contribution in [2.75, 3.05) is 18.8 Å². The van der Waals surface area contributed by atoms with Crippen LogP contribution in [0.5, 0.6) is 0 Å². The molecule has 2 aliphatic heterocycles. The summed E-state index contributed by atoms with van der Waals surface area (Å²) in [6.07, 6.45) is 3.40. The van der Waals surface area contributed by atoms with Crippen LogP contribution in [0.1, 0.15) is 22.6 Å². The molecule has 3 nitrogen and oxygen atoms in total. The third-order valence-corrected chi connectivity index (χ3v) is 7.31. The molecular weight excluding hydrogens is 324 g/mol. The molecule has 0 aromatic carbocycles. The van der Waals surface area contributed by atoms with Crippen LogP contribution in [-0.2, 0) is 17.9 Å². The molecule has 2 fully saturated rings. The first kappa shape index (κ1) is 15.6. The summed E-state index contributed by atoms with van der Waals surface area (Å²) in [6.45, 7) is 6.38. The highest BCUT2D eigenvalue weighted by atomic mass is 32.2. The number of hydrogen-bond donors (Lipinski definition) is 0. The number of aromatic nitrogens is 1. The monoisotopic (exact) mass is 346 g/mol. The Hall–Kier alpha value is -0.880. The fourth-order valence-corrected chi connectivity index (χ4v) is 6.02. The van der Waals surface area contributed by atoms with E-state index in [4.69, 9.17) is 4.74 Å². The van der Waals surface area contributed by atoms with Crippen molar-refractivity contribution < 1.29 is 4.74 Å². The average Bonchev–Trinajstić information content (AvgIpc) is 3.13. The zero-order chi connectivity index (χ0) is 15.7. The van der Waals surface area contributed by atoms with E-state index < -0.39 is 0 Å². The van der Waals surface area contributed by atoms with Crippen LogP contribution >= 0.6 is 23.1 Å². The molecule has 2 aromatic rings. The Morgan fingerprint density at radius 2 is 2.26 bits per heavy atom. The molecule has 2 aromatic heterocycles. The number of thioether (sulfide) groups is 1. The van der Waals surface area contributed by atoms with Crippen LogP contribution in [0.25, 0.3) is 0 Å². The van der Waals surface area contributed by atoms with Crippen LogP contribution in [0.4, 0.5) is 0 Å². The van der Waals surface area contributed by atoms with Crippen LogP contribution in [-0.4, -0.2) is 39.6 Å². The number of nitrogens with zero attached hydrogens (tertiary/aromatic N) is 2. The first-order chi connectivity index (χ1) is 11.2. The highest BCUT2D eigenvalue weighted by molar-refractivity contribution is 8.01. The third-order valence-electron chi connectivity index (χ3n) is 4.73. The number of ether oxygens (including phenoxy) is 1. The molecule has 4 rings (SSSR count). The molecule has 23 heavy (non-hydrogen) atoms. The summed E-state index contributed by atoms with van der Waals surface area (Å²) in [5.41, 5.74) is 2.47. The number of aryl methyl sites for hydroxylation is 1. The molecule has 122 valence electrons. The van der Waals surface area contributed by atoms with Crippen molar-refractivity contribution in [1.29, 1.82) is 0 Å². The van der Waals surface area contributed by atoms with Gasteiger partial charge in [0.1, 0.15) is 0 Å². The van der Waals surface area contributed by atoms with Crippen LogP contribution < -0.4 is 0 Å². The predicted octanol–water partition coefficient (Wildman–Crippen LogP) is 3.73. The lowest BCUT2D eigenvalue weighted by atomic mass is 9.93. The maximum Gasteiger partial charge on any atom is 0.0892 e. The summed E-state index contributed by atoms with van der Waals surface area (Å²) >= 11 is 4.00. The van der Waals surface area contributed by atoms with Crippen LogP contribution in [0.2, 0.25) is 0 Å². The zero-order valence-electron chi connectivity index (χ0n) is 13.4. The van der Waals surface area contributed by atoms with Crippen molar-refractivity contribution in [2.45, 2.75) is 37.3 Å². The molecule has 0 amide bonds. The van der Waals surface area contributed by atoms with Gasteiger partial charge >= 0.3 is 0 Å². The van der Waals surface area contributed by atoms with Gasteiger partial charge in [-0.2, -0.15) is 0 Å². The first-order valence-corrected chi connectivity index (χ1v) is 10.00. The second-order valence-corrected chi connectivity index (χ2v) is 9.11. The lowest BCUT2D eigenvalue weighted by molar-refractivity contribution is 0.0253. The highest BCUT2D eigenvalue weighted by Gasteiger charge is 2.49. The molecule has 0 saturated carbocycles. The summed E-state index contributed by atoms with van der Waals surface area (Å²) < 4.78 is 6.53. The molecule has 1 atom stereocenters. The Bertz CT molecular complexity index is 652. The van der Waals surface area contributed by atoms with Gasteiger partial charge < -0.3 is 4.74 Å². The maximum atomic E-state index is 6.08. The van der Waals surface area contributed by atoms with Gasteiger partial charge in [0.2, 0.25) is 0 Å². The minimum atomic E-state index is 0.382. The smallest absolute Gasteiger partial charge is 0.0892 e. The summed E-state index contributed by atoms with van der Waals surface area (Å²) in [6, 6.07) is 8.22. The van der Waals surface area contributed by atoms with Crippen molar-refractivity contribution in [3.05, 3.63) is 52.0 Å². The van der Waals surface area contributed by atoms with Gasteiger partial charge in [0.05, 0.1) is 18.4 Å². The van der Waals surface area contributed by atoms with E-state index in [9.17, 15) is 0 Å². The Morgan fingerprint density at radius 3 is 3.00 bits per heavy atom. The molecule has 2 saturated heterocycles. The van der Waals surface area contributed by atoms with E-state index in [1.165, 1.54) is 30.0 Å². The van der Waals surface area contributed by atoms with Gasteiger partial charge in [0, 0.05) is 41.2 Å². The molecule has 5 heteroatoms. The normalized spacial score (nSPS) is 23.3. The van der Waals surface area contributed by atoms with E-state index >= 15 is 0 Å². The fourth-order valence-electron chi connectivity index (χ4n) is 3.47. The number of hydrogen-bond acceptors (Lipinski definition) is 5. The Labute approximate surface area is 146 Å². The van der Waals surface area contributed by atoms with E-state index in [0.717, 1.165) is 18.0 Å². The molecular formula is C18H22N2OS2. The van der Waals surface area contributed by atoms with Crippen LogP contribution in [0, 0.1) is 6.92 Å². The Morgan fingerprint density at radius 1 is 1.35 bits per heavy atom. The standard InChI is InChI=1S/C18H22N2OS2/c1-14-5-7-22-17(14)9-20-12-18(13-20)8-16(11-23-18)21-10-15-4-2-3-6-19-15/h2-7,16H,8-13H2,1H3/t16-/m0/s1. The van der Waals surface area contributed by atoms with E-state index in [1.54, 1.807) is 0 Å². The highest BCUT2D eigenvalue weighted by Crippen LogP contribution is 2.46. The van der Waals surface area contributed by atoms with Crippen molar-refractivity contribution in [3.8, 4) is 0 Å². The van der Waals surface area contributed by atoms with Gasteiger partial charge in [-0.3, -0.25) is 9.88 Å². The van der Waals surface area contributed by atoms with E-state index in [2.05, 4.69) is 40.0 Å². The lowest BCUT2D eigenvalue weighted by Gasteiger charge is -2.47. The van der Waals surface area contributed by atoms with Gasteiger partial charge in [-0.15, -0.1) is 23.1 Å². The molecule has 0 aliphatic carbocycles. The predicted molar refractivity (Wildman–Crippen MR) is 97.0 cm³/mol. The lowest BCUT2D eigenvalue weighted by Crippen LogP contribution is -2.58. The maximum absolute atomic E-state index is 6.08. The molecule has 4 heterocycles. The van der Waals surface area contributed by atoms with Gasteiger partial charge in [0.25, 0.3) is 0 Å². The summed E-state index contributed by atoms with van der Waals surface area (Å²) in [4.78, 5) is 8.43. The molecule has 0 unspecified atom stereocenters. The van der Waals surface area contributed by atoms with Crippen molar-refractivity contribution in [1.82, 2.24) is 9.88 Å².